The van der Waals surface area contributed by atoms with Gasteiger partial charge in [-0.3, -0.25) is 9.59 Å². The number of carbonyl (C=O) groups excluding carboxylic acids is 2. The Balaban J connectivity index is 2.28. The lowest BCUT2D eigenvalue weighted by molar-refractivity contribution is -0.122. The zero-order chi connectivity index (χ0) is 14.3. The Morgan fingerprint density at radius 2 is 1.79 bits per heavy atom. The van der Waals surface area contributed by atoms with E-state index >= 15 is 0 Å². The third-order valence-corrected chi connectivity index (χ3v) is 2.94. The van der Waals surface area contributed by atoms with Crippen LogP contribution in [0.4, 0.5) is 0 Å². The molecule has 2 N–H and O–H groups in total. The van der Waals surface area contributed by atoms with Gasteiger partial charge < -0.3 is 10.6 Å². The Kier molecular flexibility index (Phi) is 6.06. The van der Waals surface area contributed by atoms with Crippen LogP contribution in [-0.2, 0) is 16.0 Å². The van der Waals surface area contributed by atoms with Crippen molar-refractivity contribution >= 4 is 11.8 Å². The van der Waals surface area contributed by atoms with Gasteiger partial charge in [0.25, 0.3) is 0 Å². The molecule has 4 nitrogen and oxygen atoms in total. The highest BCUT2D eigenvalue weighted by molar-refractivity contribution is 5.76. The molecule has 0 spiro atoms. The van der Waals surface area contributed by atoms with Gasteiger partial charge in [0.05, 0.1) is 0 Å². The molecule has 0 saturated carbocycles. The molecule has 104 valence electrons. The van der Waals surface area contributed by atoms with Gasteiger partial charge in [-0.2, -0.15) is 0 Å². The second-order valence-corrected chi connectivity index (χ2v) is 4.76. The van der Waals surface area contributed by atoms with Gasteiger partial charge in [-0.1, -0.05) is 23.8 Å². The van der Waals surface area contributed by atoms with Gasteiger partial charge in [0, 0.05) is 26.4 Å². The van der Waals surface area contributed by atoms with Crippen molar-refractivity contribution in [1.82, 2.24) is 10.6 Å². The maximum absolute atomic E-state index is 11.6. The van der Waals surface area contributed by atoms with E-state index in [2.05, 4.69) is 42.7 Å². The van der Waals surface area contributed by atoms with E-state index in [1.807, 2.05) is 0 Å². The summed E-state index contributed by atoms with van der Waals surface area (Å²) in [5.74, 6) is -0.0603. The molecule has 4 heteroatoms. The fourth-order valence-corrected chi connectivity index (χ4v) is 1.90. The van der Waals surface area contributed by atoms with Crippen LogP contribution in [0.3, 0.4) is 0 Å². The largest absolute Gasteiger partial charge is 0.355 e. The highest BCUT2D eigenvalue weighted by Gasteiger charge is 2.04. The summed E-state index contributed by atoms with van der Waals surface area (Å²) in [4.78, 5) is 22.3. The standard InChI is InChI=1S/C15H22N2O2/c1-11-4-5-14(12(2)10-11)6-7-15(19)17-9-8-16-13(3)18/h4-5,10H,6-9H2,1-3H3,(H,16,18)(H,17,19). The minimum absolute atomic E-state index is 0.0188. The summed E-state index contributed by atoms with van der Waals surface area (Å²) in [6.07, 6.45) is 1.22. The van der Waals surface area contributed by atoms with Crippen LogP contribution in [0.5, 0.6) is 0 Å². The molecule has 0 aliphatic carbocycles. The van der Waals surface area contributed by atoms with Crippen molar-refractivity contribution in [1.29, 1.82) is 0 Å². The van der Waals surface area contributed by atoms with Gasteiger partial charge in [0.1, 0.15) is 0 Å². The van der Waals surface area contributed by atoms with Crippen molar-refractivity contribution in [2.24, 2.45) is 0 Å². The first-order valence-electron chi connectivity index (χ1n) is 6.56. The van der Waals surface area contributed by atoms with Crippen molar-refractivity contribution in [2.45, 2.75) is 33.6 Å². The summed E-state index contributed by atoms with van der Waals surface area (Å²) >= 11 is 0. The Hall–Kier alpha value is -1.84. The Bertz CT molecular complexity index is 455. The fourth-order valence-electron chi connectivity index (χ4n) is 1.90. The van der Waals surface area contributed by atoms with Gasteiger partial charge in [0.2, 0.25) is 11.8 Å². The Labute approximate surface area is 114 Å². The molecule has 0 aliphatic heterocycles. The van der Waals surface area contributed by atoms with Gasteiger partial charge in [-0.05, 0) is 31.4 Å². The normalized spacial score (nSPS) is 10.1. The van der Waals surface area contributed by atoms with Crippen molar-refractivity contribution in [3.63, 3.8) is 0 Å². The van der Waals surface area contributed by atoms with E-state index in [9.17, 15) is 9.59 Å². The minimum Gasteiger partial charge on any atom is -0.355 e. The summed E-state index contributed by atoms with van der Waals surface area (Å²) in [6.45, 7) is 6.54. The van der Waals surface area contributed by atoms with Crippen LogP contribution < -0.4 is 10.6 Å². The maximum atomic E-state index is 11.6. The molecule has 0 aliphatic rings. The number of hydrogen-bond acceptors (Lipinski definition) is 2. The number of nitrogens with one attached hydrogen (secondary N) is 2. The van der Waals surface area contributed by atoms with E-state index < -0.39 is 0 Å². The van der Waals surface area contributed by atoms with Crippen LogP contribution in [0.25, 0.3) is 0 Å². The average molecular weight is 262 g/mol. The highest BCUT2D eigenvalue weighted by atomic mass is 16.2. The number of carbonyl (C=O) groups is 2. The average Bonchev–Trinajstić information content (AvgIpc) is 2.33. The predicted molar refractivity (Wildman–Crippen MR) is 75.9 cm³/mol. The van der Waals surface area contributed by atoms with E-state index in [0.29, 0.717) is 19.5 Å². The fraction of sp³-hybridized carbons (Fsp3) is 0.467. The number of rotatable bonds is 6. The number of amides is 2. The van der Waals surface area contributed by atoms with Crippen molar-refractivity contribution in [2.75, 3.05) is 13.1 Å². The summed E-state index contributed by atoms with van der Waals surface area (Å²) in [5, 5.41) is 5.42. The van der Waals surface area contributed by atoms with Crippen LogP contribution in [0.15, 0.2) is 18.2 Å². The van der Waals surface area contributed by atoms with E-state index in [-0.39, 0.29) is 11.8 Å². The van der Waals surface area contributed by atoms with E-state index in [1.165, 1.54) is 23.6 Å². The van der Waals surface area contributed by atoms with Crippen LogP contribution in [-0.4, -0.2) is 24.9 Å². The highest BCUT2D eigenvalue weighted by Crippen LogP contribution is 2.12. The SMILES string of the molecule is CC(=O)NCCNC(=O)CCc1ccc(C)cc1C. The van der Waals surface area contributed by atoms with Crippen molar-refractivity contribution in [3.05, 3.63) is 34.9 Å². The number of benzene rings is 1. The number of aryl methyl sites for hydroxylation is 3. The molecule has 19 heavy (non-hydrogen) atoms. The molecule has 0 aromatic heterocycles. The molecule has 1 aromatic rings. The first-order chi connectivity index (χ1) is 8.99. The van der Waals surface area contributed by atoms with Gasteiger partial charge >= 0.3 is 0 Å². The van der Waals surface area contributed by atoms with Gasteiger partial charge in [-0.15, -0.1) is 0 Å². The van der Waals surface area contributed by atoms with Crippen LogP contribution in [0.1, 0.15) is 30.0 Å². The lowest BCUT2D eigenvalue weighted by Gasteiger charge is -2.08. The lowest BCUT2D eigenvalue weighted by atomic mass is 10.0. The smallest absolute Gasteiger partial charge is 0.220 e. The molecule has 0 heterocycles. The Morgan fingerprint density at radius 1 is 1.11 bits per heavy atom. The molecule has 0 unspecified atom stereocenters. The predicted octanol–water partition coefficient (Wildman–Crippen LogP) is 1.49. The third kappa shape index (κ3) is 6.04. The minimum atomic E-state index is -0.0791. The van der Waals surface area contributed by atoms with Crippen LogP contribution >= 0.6 is 0 Å². The van der Waals surface area contributed by atoms with E-state index in [4.69, 9.17) is 0 Å². The maximum Gasteiger partial charge on any atom is 0.220 e. The van der Waals surface area contributed by atoms with Crippen molar-refractivity contribution in [3.8, 4) is 0 Å². The molecule has 0 bridgehead atoms. The monoisotopic (exact) mass is 262 g/mol. The molecule has 0 radical (unpaired) electrons. The molecule has 2 amide bonds. The third-order valence-electron chi connectivity index (χ3n) is 2.94. The van der Waals surface area contributed by atoms with Crippen LogP contribution in [0, 0.1) is 13.8 Å². The Morgan fingerprint density at radius 3 is 2.42 bits per heavy atom. The van der Waals surface area contributed by atoms with E-state index in [1.54, 1.807) is 0 Å². The van der Waals surface area contributed by atoms with Gasteiger partial charge in [-0.25, -0.2) is 0 Å². The quantitative estimate of drug-likeness (QED) is 0.763. The second kappa shape index (κ2) is 7.56. The van der Waals surface area contributed by atoms with Crippen LogP contribution in [0.2, 0.25) is 0 Å². The zero-order valence-corrected chi connectivity index (χ0v) is 11.9. The molecule has 0 saturated heterocycles. The molecule has 0 fully saturated rings. The number of hydrogen-bond donors (Lipinski definition) is 2. The second-order valence-electron chi connectivity index (χ2n) is 4.76. The first-order valence-corrected chi connectivity index (χ1v) is 6.56. The summed E-state index contributed by atoms with van der Waals surface area (Å²) in [6, 6.07) is 6.27. The van der Waals surface area contributed by atoms with Crippen molar-refractivity contribution < 1.29 is 9.59 Å². The summed E-state index contributed by atoms with van der Waals surface area (Å²) in [7, 11) is 0. The zero-order valence-electron chi connectivity index (χ0n) is 11.9. The topological polar surface area (TPSA) is 58.2 Å². The first kappa shape index (κ1) is 15.2. The molecule has 1 aromatic carbocycles. The summed E-state index contributed by atoms with van der Waals surface area (Å²) in [5.41, 5.74) is 3.68. The molecular formula is C15H22N2O2. The summed E-state index contributed by atoms with van der Waals surface area (Å²) < 4.78 is 0. The molecule has 1 rings (SSSR count). The molecular weight excluding hydrogens is 240 g/mol. The lowest BCUT2D eigenvalue weighted by Crippen LogP contribution is -2.33. The van der Waals surface area contributed by atoms with Gasteiger partial charge in [0.15, 0.2) is 0 Å². The van der Waals surface area contributed by atoms with E-state index in [0.717, 1.165) is 6.42 Å². The molecule has 0 atom stereocenters.